The van der Waals surface area contributed by atoms with Crippen molar-refractivity contribution in [3.05, 3.63) is 0 Å². The number of piperidine rings is 1. The van der Waals surface area contributed by atoms with Crippen molar-refractivity contribution < 1.29 is 26.7 Å². The Bertz CT molecular complexity index is 357. The lowest BCUT2D eigenvalue weighted by Crippen LogP contribution is -2.51. The largest absolute Gasteiger partial charge is 0.402 e. The molecule has 0 aromatic carbocycles. The zero-order valence-electron chi connectivity index (χ0n) is 9.78. The second kappa shape index (κ2) is 6.18. The summed E-state index contributed by atoms with van der Waals surface area (Å²) < 4.78 is 62.1. The van der Waals surface area contributed by atoms with Crippen molar-refractivity contribution in [1.82, 2.24) is 9.03 Å². The van der Waals surface area contributed by atoms with Gasteiger partial charge < -0.3 is 5.11 Å². The first-order valence-electron chi connectivity index (χ1n) is 5.70. The molecule has 108 valence electrons. The smallest absolute Gasteiger partial charge is 0.396 e. The van der Waals surface area contributed by atoms with Gasteiger partial charge in [0.25, 0.3) is 10.2 Å². The number of hydrogen-bond donors (Lipinski definition) is 2. The van der Waals surface area contributed by atoms with Gasteiger partial charge in [0, 0.05) is 19.2 Å². The van der Waals surface area contributed by atoms with Gasteiger partial charge in [-0.05, 0) is 19.3 Å². The Balaban J connectivity index is 2.69. The van der Waals surface area contributed by atoms with E-state index in [-0.39, 0.29) is 19.6 Å². The summed E-state index contributed by atoms with van der Waals surface area (Å²) in [5, 5.41) is 8.84. The molecule has 1 saturated heterocycles. The molecule has 1 fully saturated rings. The highest BCUT2D eigenvalue weighted by atomic mass is 32.2. The van der Waals surface area contributed by atoms with Gasteiger partial charge in [-0.1, -0.05) is 6.42 Å². The summed E-state index contributed by atoms with van der Waals surface area (Å²) in [4.78, 5) is 0. The highest BCUT2D eigenvalue weighted by Gasteiger charge is 2.35. The van der Waals surface area contributed by atoms with Gasteiger partial charge in [-0.25, -0.2) is 0 Å². The van der Waals surface area contributed by atoms with Gasteiger partial charge in [0.1, 0.15) is 6.54 Å². The van der Waals surface area contributed by atoms with Gasteiger partial charge in [0.15, 0.2) is 0 Å². The average molecular weight is 290 g/mol. The molecule has 0 radical (unpaired) electrons. The van der Waals surface area contributed by atoms with Gasteiger partial charge in [-0.3, -0.25) is 0 Å². The number of nitrogens with zero attached hydrogens (tertiary/aromatic N) is 1. The number of hydrogen-bond acceptors (Lipinski definition) is 3. The van der Waals surface area contributed by atoms with Crippen molar-refractivity contribution in [2.75, 3.05) is 19.7 Å². The molecule has 0 aromatic rings. The summed E-state index contributed by atoms with van der Waals surface area (Å²) in [5.41, 5.74) is 0. The van der Waals surface area contributed by atoms with Crippen LogP contribution in [0.5, 0.6) is 0 Å². The third-order valence-corrected chi connectivity index (χ3v) is 4.41. The second-order valence-corrected chi connectivity index (χ2v) is 5.92. The van der Waals surface area contributed by atoms with E-state index in [1.54, 1.807) is 4.72 Å². The van der Waals surface area contributed by atoms with Gasteiger partial charge in [0.2, 0.25) is 0 Å². The Morgan fingerprint density at radius 2 is 2.00 bits per heavy atom. The van der Waals surface area contributed by atoms with Crippen LogP contribution < -0.4 is 4.72 Å². The van der Waals surface area contributed by atoms with Gasteiger partial charge in [-0.2, -0.15) is 30.6 Å². The van der Waals surface area contributed by atoms with E-state index in [0.717, 1.165) is 10.7 Å². The van der Waals surface area contributed by atoms with Crippen molar-refractivity contribution >= 4 is 10.2 Å². The van der Waals surface area contributed by atoms with Crippen LogP contribution in [0.4, 0.5) is 13.2 Å². The van der Waals surface area contributed by atoms with Crippen molar-refractivity contribution in [3.63, 3.8) is 0 Å². The van der Waals surface area contributed by atoms with Crippen molar-refractivity contribution in [3.8, 4) is 0 Å². The van der Waals surface area contributed by atoms with Crippen LogP contribution in [0.2, 0.25) is 0 Å². The van der Waals surface area contributed by atoms with Crippen LogP contribution in [0.25, 0.3) is 0 Å². The number of halogens is 3. The molecule has 18 heavy (non-hydrogen) atoms. The van der Waals surface area contributed by atoms with Crippen LogP contribution in [-0.2, 0) is 10.2 Å². The molecular formula is C9H17F3N2O3S. The van der Waals surface area contributed by atoms with Gasteiger partial charge >= 0.3 is 6.18 Å². The van der Waals surface area contributed by atoms with E-state index in [2.05, 4.69) is 0 Å². The summed E-state index contributed by atoms with van der Waals surface area (Å²) in [6.45, 7) is -1.56. The minimum atomic E-state index is -4.57. The minimum absolute atomic E-state index is 0.185. The highest BCUT2D eigenvalue weighted by molar-refractivity contribution is 7.87. The molecular weight excluding hydrogens is 273 g/mol. The SMILES string of the molecule is O=S(=O)(NCC(F)(F)F)N1CCCCC1CCO. The van der Waals surface area contributed by atoms with E-state index in [0.29, 0.717) is 12.8 Å². The average Bonchev–Trinajstić information content (AvgIpc) is 2.27. The Morgan fingerprint density at radius 1 is 1.33 bits per heavy atom. The Kier molecular flexibility index (Phi) is 5.38. The summed E-state index contributed by atoms with van der Waals surface area (Å²) in [6.07, 6.45) is -2.33. The van der Waals surface area contributed by atoms with E-state index in [1.807, 2.05) is 0 Å². The lowest BCUT2D eigenvalue weighted by molar-refractivity contribution is -0.121. The molecule has 0 aromatic heterocycles. The third-order valence-electron chi connectivity index (χ3n) is 2.80. The van der Waals surface area contributed by atoms with Crippen molar-refractivity contribution in [1.29, 1.82) is 0 Å². The fourth-order valence-corrected chi connectivity index (χ4v) is 3.47. The molecule has 0 bridgehead atoms. The maximum atomic E-state index is 12.0. The zero-order chi connectivity index (χ0) is 13.8. The first-order chi connectivity index (χ1) is 8.26. The standard InChI is InChI=1S/C9H17F3N2O3S/c10-9(11,12)7-13-18(16,17)14-5-2-1-3-8(14)4-6-15/h8,13,15H,1-7H2. The maximum absolute atomic E-state index is 12.0. The lowest BCUT2D eigenvalue weighted by atomic mass is 10.0. The summed E-state index contributed by atoms with van der Waals surface area (Å²) >= 11 is 0. The lowest BCUT2D eigenvalue weighted by Gasteiger charge is -2.34. The minimum Gasteiger partial charge on any atom is -0.396 e. The summed E-state index contributed by atoms with van der Waals surface area (Å²) in [5.74, 6) is 0. The molecule has 1 heterocycles. The second-order valence-electron chi connectivity index (χ2n) is 4.21. The monoisotopic (exact) mass is 290 g/mol. The molecule has 1 unspecified atom stereocenters. The molecule has 0 amide bonds. The number of aliphatic hydroxyl groups is 1. The van der Waals surface area contributed by atoms with E-state index in [9.17, 15) is 21.6 Å². The van der Waals surface area contributed by atoms with Crippen molar-refractivity contribution in [2.45, 2.75) is 37.9 Å². The third kappa shape index (κ3) is 4.71. The fraction of sp³-hybridized carbons (Fsp3) is 1.00. The molecule has 1 atom stereocenters. The molecule has 2 N–H and O–H groups in total. The Hall–Kier alpha value is -0.380. The normalized spacial score (nSPS) is 23.2. The van der Waals surface area contributed by atoms with Crippen LogP contribution in [-0.4, -0.2) is 49.7 Å². The number of rotatable bonds is 5. The molecule has 1 rings (SSSR count). The van der Waals surface area contributed by atoms with Crippen LogP contribution in [0.15, 0.2) is 0 Å². The molecule has 9 heteroatoms. The molecule has 0 saturated carbocycles. The molecule has 0 spiro atoms. The van der Waals surface area contributed by atoms with Crippen LogP contribution >= 0.6 is 0 Å². The van der Waals surface area contributed by atoms with E-state index in [1.165, 1.54) is 0 Å². The quantitative estimate of drug-likeness (QED) is 0.780. The van der Waals surface area contributed by atoms with Crippen LogP contribution in [0.3, 0.4) is 0 Å². The summed E-state index contributed by atoms with van der Waals surface area (Å²) in [7, 11) is -4.14. The zero-order valence-corrected chi connectivity index (χ0v) is 10.6. The molecule has 1 aliphatic rings. The van der Waals surface area contributed by atoms with Crippen LogP contribution in [0, 0.1) is 0 Å². The van der Waals surface area contributed by atoms with E-state index in [4.69, 9.17) is 5.11 Å². The van der Waals surface area contributed by atoms with E-state index < -0.39 is 29.0 Å². The highest BCUT2D eigenvalue weighted by Crippen LogP contribution is 2.22. The Labute approximate surface area is 104 Å². The first kappa shape index (κ1) is 15.7. The van der Waals surface area contributed by atoms with Gasteiger partial charge in [0.05, 0.1) is 0 Å². The van der Waals surface area contributed by atoms with Crippen molar-refractivity contribution in [2.24, 2.45) is 0 Å². The molecule has 1 aliphatic heterocycles. The predicted molar refractivity (Wildman–Crippen MR) is 59.0 cm³/mol. The van der Waals surface area contributed by atoms with Crippen LogP contribution in [0.1, 0.15) is 25.7 Å². The number of aliphatic hydroxyl groups excluding tert-OH is 1. The summed E-state index contributed by atoms with van der Waals surface area (Å²) in [6, 6.07) is -0.422. The Morgan fingerprint density at radius 3 is 2.56 bits per heavy atom. The molecule has 5 nitrogen and oxygen atoms in total. The first-order valence-corrected chi connectivity index (χ1v) is 7.14. The van der Waals surface area contributed by atoms with Gasteiger partial charge in [-0.15, -0.1) is 0 Å². The number of nitrogens with one attached hydrogen (secondary N) is 1. The fourth-order valence-electron chi connectivity index (χ4n) is 1.98. The maximum Gasteiger partial charge on any atom is 0.402 e. The number of alkyl halides is 3. The van der Waals surface area contributed by atoms with E-state index >= 15 is 0 Å². The predicted octanol–water partition coefficient (Wildman–Crippen LogP) is 0.620. The topological polar surface area (TPSA) is 69.6 Å². The molecule has 0 aliphatic carbocycles.